The molecule has 94 valence electrons. The van der Waals surface area contributed by atoms with Crippen molar-refractivity contribution < 1.29 is 14.3 Å². The highest BCUT2D eigenvalue weighted by atomic mass is 16.6. The van der Waals surface area contributed by atoms with Gasteiger partial charge < -0.3 is 10.5 Å². The highest BCUT2D eigenvalue weighted by Crippen LogP contribution is 2.12. The molecule has 1 aromatic carbocycles. The molecule has 1 heterocycles. The minimum Gasteiger partial charge on any atom is -0.444 e. The van der Waals surface area contributed by atoms with Crippen LogP contribution in [0.15, 0.2) is 35.3 Å². The minimum absolute atomic E-state index is 0.120. The van der Waals surface area contributed by atoms with Gasteiger partial charge in [0.2, 0.25) is 5.96 Å². The second-order valence-corrected chi connectivity index (χ2v) is 3.89. The molecule has 0 aromatic heterocycles. The van der Waals surface area contributed by atoms with Gasteiger partial charge >= 0.3 is 6.09 Å². The topological polar surface area (TPSA) is 85.0 Å². The molecule has 1 atom stereocenters. The number of nitrogens with zero attached hydrogens (tertiary/aromatic N) is 2. The van der Waals surface area contributed by atoms with Gasteiger partial charge in [0.25, 0.3) is 5.91 Å². The summed E-state index contributed by atoms with van der Waals surface area (Å²) in [6.07, 6.45) is -0.668. The van der Waals surface area contributed by atoms with Crippen molar-refractivity contribution in [3.8, 4) is 0 Å². The summed E-state index contributed by atoms with van der Waals surface area (Å²) in [7, 11) is 0. The van der Waals surface area contributed by atoms with Crippen molar-refractivity contribution in [3.63, 3.8) is 0 Å². The largest absolute Gasteiger partial charge is 0.444 e. The molecule has 0 aliphatic carbocycles. The van der Waals surface area contributed by atoms with E-state index in [1.165, 1.54) is 0 Å². The monoisotopic (exact) mass is 247 g/mol. The van der Waals surface area contributed by atoms with Crippen molar-refractivity contribution in [2.24, 2.45) is 10.7 Å². The van der Waals surface area contributed by atoms with Gasteiger partial charge in [0.05, 0.1) is 0 Å². The molecule has 0 bridgehead atoms. The summed E-state index contributed by atoms with van der Waals surface area (Å²) in [6.45, 7) is 1.68. The van der Waals surface area contributed by atoms with Gasteiger partial charge in [-0.2, -0.15) is 4.99 Å². The van der Waals surface area contributed by atoms with Gasteiger partial charge in [-0.3, -0.25) is 4.79 Å². The number of hydrogen-bond acceptors (Lipinski definition) is 4. The maximum absolute atomic E-state index is 11.8. The van der Waals surface area contributed by atoms with Crippen LogP contribution in [0, 0.1) is 0 Å². The lowest BCUT2D eigenvalue weighted by molar-refractivity contribution is -0.119. The van der Waals surface area contributed by atoms with Gasteiger partial charge in [-0.1, -0.05) is 30.3 Å². The first kappa shape index (κ1) is 12.1. The molecule has 2 N–H and O–H groups in total. The molecular formula is C12H13N3O3. The fourth-order valence-corrected chi connectivity index (χ4v) is 1.61. The van der Waals surface area contributed by atoms with Gasteiger partial charge in [0, 0.05) is 0 Å². The van der Waals surface area contributed by atoms with Gasteiger partial charge in [-0.05, 0) is 12.5 Å². The summed E-state index contributed by atoms with van der Waals surface area (Å²) >= 11 is 0. The van der Waals surface area contributed by atoms with E-state index in [4.69, 9.17) is 10.5 Å². The third kappa shape index (κ3) is 2.32. The van der Waals surface area contributed by atoms with Gasteiger partial charge in [-0.25, -0.2) is 9.69 Å². The molecule has 0 unspecified atom stereocenters. The normalized spacial score (nSPS) is 18.7. The van der Waals surface area contributed by atoms with E-state index in [1.54, 1.807) is 6.92 Å². The van der Waals surface area contributed by atoms with Crippen molar-refractivity contribution in [2.45, 2.75) is 19.6 Å². The number of rotatable bonds is 2. The van der Waals surface area contributed by atoms with Crippen molar-refractivity contribution in [1.29, 1.82) is 0 Å². The molecule has 0 radical (unpaired) electrons. The van der Waals surface area contributed by atoms with Gasteiger partial charge in [0.15, 0.2) is 0 Å². The van der Waals surface area contributed by atoms with E-state index in [-0.39, 0.29) is 12.6 Å². The maximum Gasteiger partial charge on any atom is 0.417 e. The number of nitrogens with two attached hydrogens (primary N) is 1. The number of aliphatic imine (C=N–C) groups is 1. The zero-order valence-corrected chi connectivity index (χ0v) is 9.87. The van der Waals surface area contributed by atoms with Gasteiger partial charge in [-0.15, -0.1) is 0 Å². The average molecular weight is 247 g/mol. The molecule has 2 rings (SSSR count). The van der Waals surface area contributed by atoms with E-state index in [9.17, 15) is 9.59 Å². The highest BCUT2D eigenvalue weighted by Gasteiger charge is 2.35. The first-order chi connectivity index (χ1) is 8.59. The second kappa shape index (κ2) is 4.87. The van der Waals surface area contributed by atoms with E-state index in [0.29, 0.717) is 0 Å². The first-order valence-electron chi connectivity index (χ1n) is 5.47. The molecule has 6 nitrogen and oxygen atoms in total. The Hall–Kier alpha value is -2.37. The Balaban J connectivity index is 1.97. The first-order valence-corrected chi connectivity index (χ1v) is 5.47. The van der Waals surface area contributed by atoms with Crippen molar-refractivity contribution in [2.75, 3.05) is 0 Å². The quantitative estimate of drug-likeness (QED) is 0.840. The van der Waals surface area contributed by atoms with Crippen LogP contribution in [-0.2, 0) is 16.1 Å². The van der Waals surface area contributed by atoms with Crippen molar-refractivity contribution in [3.05, 3.63) is 35.9 Å². The highest BCUT2D eigenvalue weighted by molar-refractivity contribution is 6.08. The number of benzene rings is 1. The molecule has 18 heavy (non-hydrogen) atoms. The number of carbonyl (C=O) groups is 2. The Morgan fingerprint density at radius 2 is 2.11 bits per heavy atom. The second-order valence-electron chi connectivity index (χ2n) is 3.89. The number of carbonyl (C=O) groups excluding carboxylic acids is 2. The Morgan fingerprint density at radius 3 is 2.67 bits per heavy atom. The standard InChI is InChI=1S/C12H13N3O3/c1-8-10(16)14-11(13)15(8)12(17)18-7-9-5-3-2-4-6-9/h2-6,8H,7H2,1H3,(H2,13,14,16)/t8-/m0/s1. The molecule has 0 spiro atoms. The van der Waals surface area contributed by atoms with E-state index in [1.807, 2.05) is 30.3 Å². The van der Waals surface area contributed by atoms with E-state index >= 15 is 0 Å². The van der Waals surface area contributed by atoms with Crippen LogP contribution in [0.1, 0.15) is 12.5 Å². The summed E-state index contributed by atoms with van der Waals surface area (Å²) in [6, 6.07) is 8.54. The minimum atomic E-state index is -0.701. The SMILES string of the molecule is C[C@H]1C(=O)N=C(N)N1C(=O)OCc1ccccc1. The Morgan fingerprint density at radius 1 is 1.44 bits per heavy atom. The third-order valence-electron chi connectivity index (χ3n) is 2.62. The zero-order chi connectivity index (χ0) is 13.1. The van der Waals surface area contributed by atoms with Crippen LogP contribution in [0.2, 0.25) is 0 Å². The predicted molar refractivity (Wildman–Crippen MR) is 64.6 cm³/mol. The van der Waals surface area contributed by atoms with Crippen molar-refractivity contribution in [1.82, 2.24) is 4.90 Å². The van der Waals surface area contributed by atoms with E-state index in [2.05, 4.69) is 4.99 Å². The molecular weight excluding hydrogens is 234 g/mol. The summed E-state index contributed by atoms with van der Waals surface area (Å²) in [5.41, 5.74) is 6.34. The lowest BCUT2D eigenvalue weighted by Gasteiger charge is -2.19. The van der Waals surface area contributed by atoms with Crippen LogP contribution in [0.5, 0.6) is 0 Å². The van der Waals surface area contributed by atoms with Crippen LogP contribution < -0.4 is 5.73 Å². The van der Waals surface area contributed by atoms with Crippen LogP contribution in [0.3, 0.4) is 0 Å². The smallest absolute Gasteiger partial charge is 0.417 e. The summed E-state index contributed by atoms with van der Waals surface area (Å²) in [5.74, 6) is -0.560. The Kier molecular flexibility index (Phi) is 3.27. The molecule has 2 amide bonds. The third-order valence-corrected chi connectivity index (χ3v) is 2.62. The summed E-state index contributed by atoms with van der Waals surface area (Å²) in [5, 5.41) is 0. The molecule has 0 saturated carbocycles. The van der Waals surface area contributed by atoms with Crippen LogP contribution in [-0.4, -0.2) is 28.9 Å². The number of guanidine groups is 1. The summed E-state index contributed by atoms with van der Waals surface area (Å²) in [4.78, 5) is 27.6. The number of ether oxygens (including phenoxy) is 1. The Labute approximate surface area is 104 Å². The van der Waals surface area contributed by atoms with E-state index in [0.717, 1.165) is 10.5 Å². The predicted octanol–water partition coefficient (Wildman–Crippen LogP) is 0.869. The van der Waals surface area contributed by atoms with Crippen LogP contribution in [0.4, 0.5) is 4.79 Å². The fourth-order valence-electron chi connectivity index (χ4n) is 1.61. The molecule has 1 aliphatic rings. The molecule has 1 aromatic rings. The molecule has 0 fully saturated rings. The lowest BCUT2D eigenvalue weighted by Crippen LogP contribution is -2.44. The fraction of sp³-hybridized carbons (Fsp3) is 0.250. The number of hydrogen-bond donors (Lipinski definition) is 1. The molecule has 1 aliphatic heterocycles. The zero-order valence-electron chi connectivity index (χ0n) is 9.87. The summed E-state index contributed by atoms with van der Waals surface area (Å²) < 4.78 is 5.08. The number of amides is 2. The molecule has 6 heteroatoms. The van der Waals surface area contributed by atoms with Crippen LogP contribution >= 0.6 is 0 Å². The lowest BCUT2D eigenvalue weighted by atomic mass is 10.2. The maximum atomic E-state index is 11.8. The van der Waals surface area contributed by atoms with E-state index < -0.39 is 18.0 Å². The average Bonchev–Trinajstić information content (AvgIpc) is 2.62. The molecule has 0 saturated heterocycles. The van der Waals surface area contributed by atoms with Crippen LogP contribution in [0.25, 0.3) is 0 Å². The van der Waals surface area contributed by atoms with Crippen molar-refractivity contribution >= 4 is 18.0 Å². The Bertz CT molecular complexity index is 499. The van der Waals surface area contributed by atoms with Gasteiger partial charge in [0.1, 0.15) is 12.6 Å².